The molecule has 1 rings (SSSR count). The Bertz CT molecular complexity index is 244. The summed E-state index contributed by atoms with van der Waals surface area (Å²) in [6.45, 7) is 0. The highest BCUT2D eigenvalue weighted by atomic mass is 16.4. The van der Waals surface area contributed by atoms with E-state index < -0.39 is 5.97 Å². The largest absolute Gasteiger partial charge is 0.478 e. The van der Waals surface area contributed by atoms with E-state index in [0.29, 0.717) is 5.69 Å². The number of nitrogen functional groups attached to an aromatic ring is 1. The maximum atomic E-state index is 10.3. The minimum absolute atomic E-state index is 0. The van der Waals surface area contributed by atoms with Gasteiger partial charge in [-0.3, -0.25) is 0 Å². The Balaban J connectivity index is 0. The zero-order valence-corrected chi connectivity index (χ0v) is 6.24. The zero-order valence-electron chi connectivity index (χ0n) is 6.24. The second kappa shape index (κ2) is 5.11. The van der Waals surface area contributed by atoms with Gasteiger partial charge >= 0.3 is 5.97 Å². The Kier molecular flexibility index (Phi) is 5.55. The molecule has 0 aliphatic heterocycles. The quantitative estimate of drug-likeness (QED) is 0.546. The van der Waals surface area contributed by atoms with Crippen LogP contribution in [0, 0.1) is 0 Å². The summed E-state index contributed by atoms with van der Waals surface area (Å²) in [6, 6.07) is 6.06. The minimum Gasteiger partial charge on any atom is -0.478 e. The lowest BCUT2D eigenvalue weighted by molar-refractivity contribution is 0.0697. The van der Waals surface area contributed by atoms with Crippen LogP contribution in [0.4, 0.5) is 5.69 Å². The number of carboxylic acid groups (broad SMARTS) is 1. The van der Waals surface area contributed by atoms with Crippen LogP contribution in [0.15, 0.2) is 24.3 Å². The number of nitrogens with two attached hydrogens (primary N) is 1. The molecule has 0 radical (unpaired) electrons. The molecule has 0 aromatic heterocycles. The lowest BCUT2D eigenvalue weighted by Crippen LogP contribution is -1.95. The number of rotatable bonds is 1. The monoisotopic (exact) mass is 173 g/mol. The van der Waals surface area contributed by atoms with Crippen LogP contribution in [0.5, 0.6) is 0 Å². The van der Waals surface area contributed by atoms with Crippen LogP contribution in [0.2, 0.25) is 0 Å². The van der Waals surface area contributed by atoms with Crippen molar-refractivity contribution in [3.8, 4) is 0 Å². The maximum absolute atomic E-state index is 10.3. The number of benzene rings is 1. The van der Waals surface area contributed by atoms with E-state index in [-0.39, 0.29) is 16.5 Å². The van der Waals surface area contributed by atoms with E-state index in [9.17, 15) is 4.79 Å². The molecule has 0 heterocycles. The van der Waals surface area contributed by atoms with Crippen LogP contribution in [0.1, 0.15) is 10.4 Å². The molecule has 0 unspecified atom stereocenters. The van der Waals surface area contributed by atoms with Gasteiger partial charge in [0.05, 0.1) is 5.56 Å². The van der Waals surface area contributed by atoms with Crippen LogP contribution in [-0.2, 0) is 0 Å². The van der Waals surface area contributed by atoms with Gasteiger partial charge < -0.3 is 21.8 Å². The van der Waals surface area contributed by atoms with Gasteiger partial charge in [-0.1, -0.05) is 0 Å². The van der Waals surface area contributed by atoms with Crippen molar-refractivity contribution >= 4 is 11.7 Å². The van der Waals surface area contributed by atoms with Gasteiger partial charge in [0, 0.05) is 5.69 Å². The summed E-state index contributed by atoms with van der Waals surface area (Å²) in [4.78, 5) is 10.3. The average Bonchev–Trinajstić information content (AvgIpc) is 1.88. The second-order valence-corrected chi connectivity index (χ2v) is 1.93. The number of hydrogen-bond donors (Lipinski definition) is 2. The Morgan fingerprint density at radius 1 is 1.17 bits per heavy atom. The number of aromatic carboxylic acids is 1. The lowest BCUT2D eigenvalue weighted by atomic mass is 10.2. The van der Waals surface area contributed by atoms with Crippen molar-refractivity contribution in [3.05, 3.63) is 29.8 Å². The average molecular weight is 173 g/mol. The molecule has 68 valence electrons. The third-order valence-electron chi connectivity index (χ3n) is 1.16. The molecule has 0 bridgehead atoms. The van der Waals surface area contributed by atoms with Crippen molar-refractivity contribution in [2.24, 2.45) is 0 Å². The molecule has 7 N–H and O–H groups in total. The predicted octanol–water partition coefficient (Wildman–Crippen LogP) is -0.682. The van der Waals surface area contributed by atoms with Gasteiger partial charge in [0.15, 0.2) is 0 Å². The van der Waals surface area contributed by atoms with Gasteiger partial charge in [0.1, 0.15) is 0 Å². The molecule has 5 nitrogen and oxygen atoms in total. The first-order chi connectivity index (χ1) is 4.70. The smallest absolute Gasteiger partial charge is 0.335 e. The molecule has 0 amide bonds. The highest BCUT2D eigenvalue weighted by Gasteiger charge is 1.98. The van der Waals surface area contributed by atoms with Crippen LogP contribution >= 0.6 is 0 Å². The Morgan fingerprint density at radius 2 is 1.58 bits per heavy atom. The standard InChI is InChI=1S/C7H7NO2.2H2O/c8-6-3-1-5(2-4-6)7(9)10;;/h1-4H,8H2,(H,9,10);2*1H2. The SMILES string of the molecule is Nc1ccc(C(=O)O)cc1.O.O. The molecule has 1 aromatic rings. The second-order valence-electron chi connectivity index (χ2n) is 1.93. The topological polar surface area (TPSA) is 126 Å². The first kappa shape index (κ1) is 13.0. The van der Waals surface area contributed by atoms with Gasteiger partial charge in [0.2, 0.25) is 0 Å². The molecule has 12 heavy (non-hydrogen) atoms. The van der Waals surface area contributed by atoms with Crippen molar-refractivity contribution in [3.63, 3.8) is 0 Å². The highest BCUT2D eigenvalue weighted by Crippen LogP contribution is 2.04. The summed E-state index contributed by atoms with van der Waals surface area (Å²) in [6.07, 6.45) is 0. The summed E-state index contributed by atoms with van der Waals surface area (Å²) in [5.74, 6) is -0.931. The van der Waals surface area contributed by atoms with E-state index >= 15 is 0 Å². The summed E-state index contributed by atoms with van der Waals surface area (Å²) in [5.41, 5.74) is 6.17. The maximum Gasteiger partial charge on any atom is 0.335 e. The lowest BCUT2D eigenvalue weighted by Gasteiger charge is -1.93. The molecule has 0 spiro atoms. The van der Waals surface area contributed by atoms with Crippen molar-refractivity contribution in [2.45, 2.75) is 0 Å². The predicted molar refractivity (Wildman–Crippen MR) is 45.0 cm³/mol. The molecular weight excluding hydrogens is 162 g/mol. The number of anilines is 1. The zero-order chi connectivity index (χ0) is 7.56. The molecule has 0 aliphatic rings. The Labute approximate surface area is 69.1 Å². The van der Waals surface area contributed by atoms with Crippen LogP contribution in [-0.4, -0.2) is 22.0 Å². The van der Waals surface area contributed by atoms with Gasteiger partial charge in [-0.15, -0.1) is 0 Å². The van der Waals surface area contributed by atoms with Gasteiger partial charge in [-0.25, -0.2) is 4.79 Å². The molecule has 0 aliphatic carbocycles. The van der Waals surface area contributed by atoms with Crippen molar-refractivity contribution in [1.29, 1.82) is 0 Å². The summed E-state index contributed by atoms with van der Waals surface area (Å²) in [5, 5.41) is 8.43. The molecule has 1 aromatic carbocycles. The van der Waals surface area contributed by atoms with E-state index in [0.717, 1.165) is 0 Å². The van der Waals surface area contributed by atoms with Crippen LogP contribution in [0.25, 0.3) is 0 Å². The molecule has 0 fully saturated rings. The number of carbonyl (C=O) groups is 1. The first-order valence-electron chi connectivity index (χ1n) is 2.79. The third-order valence-corrected chi connectivity index (χ3v) is 1.16. The fourth-order valence-corrected chi connectivity index (χ4v) is 0.626. The van der Waals surface area contributed by atoms with E-state index in [1.165, 1.54) is 12.1 Å². The van der Waals surface area contributed by atoms with E-state index in [1.54, 1.807) is 12.1 Å². The van der Waals surface area contributed by atoms with E-state index in [4.69, 9.17) is 10.8 Å². The van der Waals surface area contributed by atoms with Crippen LogP contribution < -0.4 is 5.73 Å². The first-order valence-corrected chi connectivity index (χ1v) is 2.79. The molecule has 0 atom stereocenters. The summed E-state index contributed by atoms with van der Waals surface area (Å²) in [7, 11) is 0. The van der Waals surface area contributed by atoms with Crippen LogP contribution in [0.3, 0.4) is 0 Å². The highest BCUT2D eigenvalue weighted by molar-refractivity contribution is 5.87. The fourth-order valence-electron chi connectivity index (χ4n) is 0.626. The van der Waals surface area contributed by atoms with Crippen molar-refractivity contribution in [2.75, 3.05) is 5.73 Å². The van der Waals surface area contributed by atoms with E-state index in [2.05, 4.69) is 0 Å². The van der Waals surface area contributed by atoms with E-state index in [1.807, 2.05) is 0 Å². The van der Waals surface area contributed by atoms with Crippen molar-refractivity contribution < 1.29 is 20.9 Å². The molecule has 0 saturated heterocycles. The Hall–Kier alpha value is -1.59. The Morgan fingerprint density at radius 3 is 1.92 bits per heavy atom. The van der Waals surface area contributed by atoms with Gasteiger partial charge in [0.25, 0.3) is 0 Å². The van der Waals surface area contributed by atoms with Crippen molar-refractivity contribution in [1.82, 2.24) is 0 Å². The normalized spacial score (nSPS) is 7.67. The fraction of sp³-hybridized carbons (Fsp3) is 0. The number of carboxylic acids is 1. The minimum atomic E-state index is -0.931. The molecule has 5 heteroatoms. The molecular formula is C7H11NO4. The number of hydrogen-bond acceptors (Lipinski definition) is 2. The van der Waals surface area contributed by atoms with Gasteiger partial charge in [-0.2, -0.15) is 0 Å². The van der Waals surface area contributed by atoms with Gasteiger partial charge in [-0.05, 0) is 24.3 Å². The molecule has 0 saturated carbocycles. The third kappa shape index (κ3) is 3.00. The summed E-state index contributed by atoms with van der Waals surface area (Å²) >= 11 is 0. The summed E-state index contributed by atoms with van der Waals surface area (Å²) < 4.78 is 0.